The number of carbonyl (C=O) groups is 1. The summed E-state index contributed by atoms with van der Waals surface area (Å²) >= 11 is 0. The van der Waals surface area contributed by atoms with E-state index in [0.29, 0.717) is 19.7 Å². The number of nitrogens with one attached hydrogen (secondary N) is 2. The number of benzene rings is 1. The lowest BCUT2D eigenvalue weighted by atomic mass is 10.0. The second-order valence-electron chi connectivity index (χ2n) is 7.75. The summed E-state index contributed by atoms with van der Waals surface area (Å²) in [6.45, 7) is 13.8. The van der Waals surface area contributed by atoms with Crippen molar-refractivity contribution < 1.29 is 14.3 Å². The molecule has 2 unspecified atom stereocenters. The minimum absolute atomic E-state index is 0.123. The van der Waals surface area contributed by atoms with Crippen molar-refractivity contribution in [3.05, 3.63) is 29.8 Å². The van der Waals surface area contributed by atoms with E-state index in [2.05, 4.69) is 43.2 Å². The second kappa shape index (κ2) is 9.24. The lowest BCUT2D eigenvalue weighted by molar-refractivity contribution is -0.0947. The number of hydrogen-bond donors (Lipinski definition) is 2. The van der Waals surface area contributed by atoms with E-state index in [4.69, 9.17) is 9.47 Å². The molecule has 1 aromatic rings. The molecule has 1 fully saturated rings. The number of morpholine rings is 1. The summed E-state index contributed by atoms with van der Waals surface area (Å²) in [6.07, 6.45) is 0.427. The van der Waals surface area contributed by atoms with E-state index in [9.17, 15) is 4.79 Å². The van der Waals surface area contributed by atoms with Crippen molar-refractivity contribution in [2.45, 2.75) is 52.4 Å². The molecular formula is C20H33N3O3. The molecule has 2 amide bonds. The highest BCUT2D eigenvalue weighted by atomic mass is 16.5. The maximum Gasteiger partial charge on any atom is 0.314 e. The Balaban J connectivity index is 1.67. The molecule has 146 valence electrons. The van der Waals surface area contributed by atoms with E-state index in [1.807, 2.05) is 31.2 Å². The fourth-order valence-electron chi connectivity index (χ4n) is 3.18. The number of carbonyl (C=O) groups excluding carboxylic acids is 1. The van der Waals surface area contributed by atoms with Gasteiger partial charge in [-0.25, -0.2) is 4.79 Å². The average molecular weight is 364 g/mol. The Hall–Kier alpha value is -1.79. The third kappa shape index (κ3) is 6.50. The van der Waals surface area contributed by atoms with Gasteiger partial charge in [0.1, 0.15) is 12.4 Å². The Labute approximate surface area is 157 Å². The molecule has 2 rings (SSSR count). The van der Waals surface area contributed by atoms with Crippen LogP contribution in [0, 0.1) is 6.92 Å². The maximum absolute atomic E-state index is 12.0. The summed E-state index contributed by atoms with van der Waals surface area (Å²) in [5, 5.41) is 5.81. The van der Waals surface area contributed by atoms with Gasteiger partial charge in [0.15, 0.2) is 0 Å². The molecular weight excluding hydrogens is 330 g/mol. The molecule has 0 bridgehead atoms. The quantitative estimate of drug-likeness (QED) is 0.731. The lowest BCUT2D eigenvalue weighted by Crippen LogP contribution is -2.59. The molecule has 0 aromatic heterocycles. The van der Waals surface area contributed by atoms with Crippen molar-refractivity contribution in [3.8, 4) is 5.75 Å². The first-order valence-corrected chi connectivity index (χ1v) is 9.38. The van der Waals surface area contributed by atoms with Crippen LogP contribution in [0.25, 0.3) is 0 Å². The van der Waals surface area contributed by atoms with E-state index < -0.39 is 0 Å². The first-order chi connectivity index (χ1) is 12.3. The van der Waals surface area contributed by atoms with E-state index in [-0.39, 0.29) is 23.8 Å². The molecule has 0 spiro atoms. The Morgan fingerprint density at radius 1 is 1.27 bits per heavy atom. The SMILES string of the molecule is Cc1cccc(OCCNC(=O)NCC(C)(C)N2CC(C)OC(C)C2)c1. The minimum atomic E-state index is -0.166. The Morgan fingerprint density at radius 3 is 2.62 bits per heavy atom. The molecule has 2 N–H and O–H groups in total. The monoisotopic (exact) mass is 363 g/mol. The average Bonchev–Trinajstić information content (AvgIpc) is 2.56. The van der Waals surface area contributed by atoms with Crippen molar-refractivity contribution >= 4 is 6.03 Å². The summed E-state index contributed by atoms with van der Waals surface area (Å²) in [7, 11) is 0. The van der Waals surface area contributed by atoms with Gasteiger partial charge in [0, 0.05) is 25.2 Å². The van der Waals surface area contributed by atoms with Gasteiger partial charge >= 0.3 is 6.03 Å². The maximum atomic E-state index is 12.0. The first kappa shape index (κ1) is 20.5. The van der Waals surface area contributed by atoms with E-state index >= 15 is 0 Å². The summed E-state index contributed by atoms with van der Waals surface area (Å²) in [4.78, 5) is 14.4. The summed E-state index contributed by atoms with van der Waals surface area (Å²) in [5.41, 5.74) is 1.03. The van der Waals surface area contributed by atoms with E-state index in [1.165, 1.54) is 0 Å². The molecule has 2 atom stereocenters. The normalized spacial score (nSPS) is 21.3. The Bertz CT molecular complexity index is 581. The zero-order valence-electron chi connectivity index (χ0n) is 16.7. The molecule has 6 nitrogen and oxygen atoms in total. The van der Waals surface area contributed by atoms with Gasteiger partial charge in [-0.1, -0.05) is 12.1 Å². The minimum Gasteiger partial charge on any atom is -0.492 e. The van der Waals surface area contributed by atoms with Crippen LogP contribution in [0.2, 0.25) is 0 Å². The van der Waals surface area contributed by atoms with Crippen LogP contribution >= 0.6 is 0 Å². The van der Waals surface area contributed by atoms with Crippen LogP contribution in [0.3, 0.4) is 0 Å². The highest BCUT2D eigenvalue weighted by molar-refractivity contribution is 5.73. The standard InChI is InChI=1S/C20H33N3O3/c1-15-7-6-8-18(11-15)25-10-9-21-19(24)22-14-20(4,5)23-12-16(2)26-17(3)13-23/h6-8,11,16-17H,9-10,12-14H2,1-5H3,(H2,21,22,24). The highest BCUT2D eigenvalue weighted by Crippen LogP contribution is 2.20. The van der Waals surface area contributed by atoms with Crippen molar-refractivity contribution in [1.82, 2.24) is 15.5 Å². The third-order valence-electron chi connectivity index (χ3n) is 4.60. The highest BCUT2D eigenvalue weighted by Gasteiger charge is 2.33. The van der Waals surface area contributed by atoms with Crippen LogP contribution in [-0.4, -0.2) is 61.5 Å². The van der Waals surface area contributed by atoms with Crippen molar-refractivity contribution in [2.75, 3.05) is 32.8 Å². The molecule has 0 aliphatic carbocycles. The largest absolute Gasteiger partial charge is 0.492 e. The van der Waals surface area contributed by atoms with Gasteiger partial charge in [-0.2, -0.15) is 0 Å². The molecule has 26 heavy (non-hydrogen) atoms. The number of rotatable bonds is 7. The molecule has 0 radical (unpaired) electrons. The van der Waals surface area contributed by atoms with Gasteiger partial charge < -0.3 is 20.1 Å². The van der Waals surface area contributed by atoms with Crippen molar-refractivity contribution in [1.29, 1.82) is 0 Å². The number of amides is 2. The van der Waals surface area contributed by atoms with Gasteiger partial charge in [-0.15, -0.1) is 0 Å². The third-order valence-corrected chi connectivity index (χ3v) is 4.60. The summed E-state index contributed by atoms with van der Waals surface area (Å²) in [5.74, 6) is 0.823. The van der Waals surface area contributed by atoms with E-state index in [0.717, 1.165) is 24.4 Å². The number of urea groups is 1. The molecule has 1 saturated heterocycles. The number of nitrogens with zero attached hydrogens (tertiary/aromatic N) is 1. The Kier molecular flexibility index (Phi) is 7.29. The zero-order valence-corrected chi connectivity index (χ0v) is 16.7. The molecule has 1 aliphatic rings. The zero-order chi connectivity index (χ0) is 19.2. The van der Waals surface area contributed by atoms with Gasteiger partial charge in [-0.3, -0.25) is 4.90 Å². The topological polar surface area (TPSA) is 62.8 Å². The summed E-state index contributed by atoms with van der Waals surface area (Å²) in [6, 6.07) is 7.71. The van der Waals surface area contributed by atoms with Crippen molar-refractivity contribution in [2.24, 2.45) is 0 Å². The van der Waals surface area contributed by atoms with Crippen LogP contribution < -0.4 is 15.4 Å². The van der Waals surface area contributed by atoms with Gasteiger partial charge in [-0.05, 0) is 52.3 Å². The fourth-order valence-corrected chi connectivity index (χ4v) is 3.18. The fraction of sp³-hybridized carbons (Fsp3) is 0.650. The second-order valence-corrected chi connectivity index (χ2v) is 7.75. The van der Waals surface area contributed by atoms with Gasteiger partial charge in [0.25, 0.3) is 0 Å². The molecule has 1 aliphatic heterocycles. The smallest absolute Gasteiger partial charge is 0.314 e. The van der Waals surface area contributed by atoms with E-state index in [1.54, 1.807) is 0 Å². The first-order valence-electron chi connectivity index (χ1n) is 9.38. The van der Waals surface area contributed by atoms with Gasteiger partial charge in [0.2, 0.25) is 0 Å². The molecule has 6 heteroatoms. The molecule has 1 heterocycles. The summed E-state index contributed by atoms with van der Waals surface area (Å²) < 4.78 is 11.4. The van der Waals surface area contributed by atoms with Crippen LogP contribution in [0.15, 0.2) is 24.3 Å². The van der Waals surface area contributed by atoms with Crippen LogP contribution in [0.5, 0.6) is 5.75 Å². The predicted octanol–water partition coefficient (Wildman–Crippen LogP) is 2.56. The van der Waals surface area contributed by atoms with Crippen LogP contribution in [-0.2, 0) is 4.74 Å². The van der Waals surface area contributed by atoms with Gasteiger partial charge in [0.05, 0.1) is 18.8 Å². The van der Waals surface area contributed by atoms with Crippen molar-refractivity contribution in [3.63, 3.8) is 0 Å². The van der Waals surface area contributed by atoms with Crippen LogP contribution in [0.1, 0.15) is 33.3 Å². The number of ether oxygens (including phenoxy) is 2. The molecule has 1 aromatic carbocycles. The predicted molar refractivity (Wildman–Crippen MR) is 104 cm³/mol. The lowest BCUT2D eigenvalue weighted by Gasteiger charge is -2.45. The number of aryl methyl sites for hydroxylation is 1. The molecule has 0 saturated carbocycles. The number of hydrogen-bond acceptors (Lipinski definition) is 4. The Morgan fingerprint density at radius 2 is 1.96 bits per heavy atom. The van der Waals surface area contributed by atoms with Crippen LogP contribution in [0.4, 0.5) is 4.79 Å².